The number of halogens is 1. The molecule has 2 aromatic rings. The Morgan fingerprint density at radius 1 is 1.27 bits per heavy atom. The van der Waals surface area contributed by atoms with Crippen LogP contribution in [0.4, 0.5) is 0 Å². The fraction of sp³-hybridized carbons (Fsp3) is 0.474. The van der Waals surface area contributed by atoms with Gasteiger partial charge in [0.15, 0.2) is 0 Å². The molecule has 1 fully saturated rings. The predicted molar refractivity (Wildman–Crippen MR) is 108 cm³/mol. The number of aryl methyl sites for hydroxylation is 2. The van der Waals surface area contributed by atoms with Crippen LogP contribution in [-0.4, -0.2) is 35.0 Å². The Balaban J connectivity index is 0.00000243. The van der Waals surface area contributed by atoms with E-state index in [1.807, 2.05) is 18.7 Å². The molecular weight excluding hydrogens is 370 g/mol. The van der Waals surface area contributed by atoms with Crippen LogP contribution in [0.3, 0.4) is 0 Å². The van der Waals surface area contributed by atoms with Crippen molar-refractivity contribution in [1.29, 1.82) is 0 Å². The lowest BCUT2D eigenvalue weighted by molar-refractivity contribution is -0.135. The number of hydrogen-bond acceptors (Lipinski definition) is 4. The van der Waals surface area contributed by atoms with Crippen LogP contribution in [0.15, 0.2) is 29.1 Å². The van der Waals surface area contributed by atoms with Gasteiger partial charge in [0.25, 0.3) is 0 Å². The van der Waals surface area contributed by atoms with E-state index in [0.29, 0.717) is 6.54 Å². The van der Waals surface area contributed by atoms with Gasteiger partial charge >= 0.3 is 4.87 Å². The minimum atomic E-state index is -0.0534. The van der Waals surface area contributed by atoms with Crippen molar-refractivity contribution < 1.29 is 4.79 Å². The van der Waals surface area contributed by atoms with Gasteiger partial charge < -0.3 is 10.2 Å². The van der Waals surface area contributed by atoms with Gasteiger partial charge in [0.2, 0.25) is 5.91 Å². The van der Waals surface area contributed by atoms with Crippen LogP contribution in [0.2, 0.25) is 0 Å². The Kier molecular flexibility index (Phi) is 7.03. The number of carbonyl (C=O) groups excluding carboxylic acids is 1. The second kappa shape index (κ2) is 8.84. The summed E-state index contributed by atoms with van der Waals surface area (Å²) in [6.45, 7) is 8.27. The number of benzene rings is 1. The van der Waals surface area contributed by atoms with Crippen molar-refractivity contribution >= 4 is 29.7 Å². The zero-order valence-corrected chi connectivity index (χ0v) is 17.1. The Morgan fingerprint density at radius 3 is 2.54 bits per heavy atom. The first-order valence-corrected chi connectivity index (χ1v) is 9.58. The lowest BCUT2D eigenvalue weighted by Gasteiger charge is -2.36. The van der Waals surface area contributed by atoms with Gasteiger partial charge in [0.05, 0.1) is 6.04 Å². The minimum absolute atomic E-state index is 0. The summed E-state index contributed by atoms with van der Waals surface area (Å²) in [4.78, 5) is 27.9. The Labute approximate surface area is 164 Å². The van der Waals surface area contributed by atoms with Gasteiger partial charge in [0, 0.05) is 30.2 Å². The molecule has 1 atom stereocenters. The molecule has 5 nitrogen and oxygen atoms in total. The van der Waals surface area contributed by atoms with Crippen molar-refractivity contribution in [2.75, 3.05) is 19.6 Å². The second-order valence-electron chi connectivity index (χ2n) is 6.50. The van der Waals surface area contributed by atoms with Crippen molar-refractivity contribution in [1.82, 2.24) is 14.8 Å². The molecule has 1 aliphatic heterocycles. The number of nitrogens with zero attached hydrogens (tertiary/aromatic N) is 2. The monoisotopic (exact) mass is 395 g/mol. The third-order valence-electron chi connectivity index (χ3n) is 5.01. The van der Waals surface area contributed by atoms with Crippen LogP contribution in [0.5, 0.6) is 0 Å². The van der Waals surface area contributed by atoms with Crippen LogP contribution < -0.4 is 10.2 Å². The maximum Gasteiger partial charge on any atom is 0.308 e. The van der Waals surface area contributed by atoms with E-state index >= 15 is 0 Å². The van der Waals surface area contributed by atoms with E-state index in [0.717, 1.165) is 35.6 Å². The summed E-state index contributed by atoms with van der Waals surface area (Å²) in [6.07, 6.45) is 1.01. The van der Waals surface area contributed by atoms with Crippen molar-refractivity contribution in [2.45, 2.75) is 39.8 Å². The fourth-order valence-electron chi connectivity index (χ4n) is 3.27. The highest BCUT2D eigenvalue weighted by Crippen LogP contribution is 2.23. The molecule has 0 saturated carbocycles. The Morgan fingerprint density at radius 2 is 1.96 bits per heavy atom. The topological polar surface area (TPSA) is 54.3 Å². The van der Waals surface area contributed by atoms with Gasteiger partial charge in [-0.1, -0.05) is 42.5 Å². The van der Waals surface area contributed by atoms with Crippen LogP contribution >= 0.6 is 23.7 Å². The lowest BCUT2D eigenvalue weighted by Crippen LogP contribution is -2.50. The normalized spacial score (nSPS) is 17.0. The zero-order valence-electron chi connectivity index (χ0n) is 15.4. The number of rotatable bonds is 4. The Hall–Kier alpha value is -1.63. The summed E-state index contributed by atoms with van der Waals surface area (Å²) in [5.41, 5.74) is 3.33. The lowest BCUT2D eigenvalue weighted by atomic mass is 10.0. The Bertz CT molecular complexity index is 813. The van der Waals surface area contributed by atoms with E-state index in [2.05, 4.69) is 36.5 Å². The summed E-state index contributed by atoms with van der Waals surface area (Å²) < 4.78 is 1.60. The second-order valence-corrected chi connectivity index (χ2v) is 7.66. The molecule has 0 radical (unpaired) electrons. The smallest absolute Gasteiger partial charge is 0.308 e. The van der Waals surface area contributed by atoms with Crippen LogP contribution in [0, 0.1) is 13.8 Å². The summed E-state index contributed by atoms with van der Waals surface area (Å²) >= 11 is 1.21. The first-order valence-electron chi connectivity index (χ1n) is 8.77. The van der Waals surface area contributed by atoms with E-state index in [9.17, 15) is 9.59 Å². The number of aromatic nitrogens is 1. The predicted octanol–water partition coefficient (Wildman–Crippen LogP) is 2.68. The molecule has 1 unspecified atom stereocenters. The average Bonchev–Trinajstić information content (AvgIpc) is 2.88. The van der Waals surface area contributed by atoms with Crippen LogP contribution in [-0.2, 0) is 17.8 Å². The van der Waals surface area contributed by atoms with Gasteiger partial charge in [0.1, 0.15) is 6.54 Å². The maximum absolute atomic E-state index is 12.9. The molecule has 1 amide bonds. The molecule has 1 saturated heterocycles. The quantitative estimate of drug-likeness (QED) is 0.865. The van der Waals surface area contributed by atoms with Gasteiger partial charge in [-0.3, -0.25) is 14.2 Å². The maximum atomic E-state index is 12.9. The molecule has 0 spiro atoms. The highest BCUT2D eigenvalue weighted by molar-refractivity contribution is 7.09. The number of amides is 1. The molecule has 26 heavy (non-hydrogen) atoms. The number of carbonyl (C=O) groups is 1. The molecule has 3 rings (SSSR count). The first-order chi connectivity index (χ1) is 12.0. The molecule has 0 bridgehead atoms. The number of thiazole rings is 1. The summed E-state index contributed by atoms with van der Waals surface area (Å²) in [7, 11) is 0. The van der Waals surface area contributed by atoms with E-state index in [-0.39, 0.29) is 35.8 Å². The number of hydrogen-bond donors (Lipinski definition) is 1. The van der Waals surface area contributed by atoms with Gasteiger partial charge in [-0.25, -0.2) is 0 Å². The van der Waals surface area contributed by atoms with Crippen molar-refractivity contribution in [3.63, 3.8) is 0 Å². The van der Waals surface area contributed by atoms with E-state index in [1.165, 1.54) is 16.9 Å². The summed E-state index contributed by atoms with van der Waals surface area (Å²) in [5, 5.41) is 3.38. The standard InChI is InChI=1S/C19H25N3O2S.ClH/c1-4-15-5-7-16(8-6-15)17-11-20-9-10-21(17)18(23)12-22-13(2)14(3)25-19(22)24;/h5-8,17,20H,4,9-12H2,1-3H3;1H. The highest BCUT2D eigenvalue weighted by Gasteiger charge is 2.28. The summed E-state index contributed by atoms with van der Waals surface area (Å²) in [5.74, 6) is 0.00840. The van der Waals surface area contributed by atoms with E-state index < -0.39 is 0 Å². The van der Waals surface area contributed by atoms with Gasteiger partial charge in [-0.15, -0.1) is 12.4 Å². The first kappa shape index (κ1) is 20.7. The molecular formula is C19H26ClN3O2S. The van der Waals surface area contributed by atoms with Crippen molar-refractivity contribution in [3.05, 3.63) is 55.6 Å². The molecule has 1 aliphatic rings. The van der Waals surface area contributed by atoms with E-state index in [4.69, 9.17) is 0 Å². The molecule has 0 aliphatic carbocycles. The van der Waals surface area contributed by atoms with Gasteiger partial charge in [-0.05, 0) is 31.4 Å². The van der Waals surface area contributed by atoms with E-state index in [1.54, 1.807) is 4.57 Å². The van der Waals surface area contributed by atoms with Crippen molar-refractivity contribution in [2.24, 2.45) is 0 Å². The zero-order chi connectivity index (χ0) is 18.0. The molecule has 2 heterocycles. The highest BCUT2D eigenvalue weighted by atomic mass is 35.5. The third-order valence-corrected chi connectivity index (χ3v) is 6.00. The SMILES string of the molecule is CCc1ccc(C2CNCCN2C(=O)Cn2c(C)c(C)sc2=O)cc1.Cl. The molecule has 1 aromatic carbocycles. The number of nitrogens with one attached hydrogen (secondary N) is 1. The minimum Gasteiger partial charge on any atom is -0.332 e. The molecule has 1 aromatic heterocycles. The fourth-order valence-corrected chi connectivity index (χ4v) is 4.10. The van der Waals surface area contributed by atoms with Crippen molar-refractivity contribution in [3.8, 4) is 0 Å². The third kappa shape index (κ3) is 4.19. The van der Waals surface area contributed by atoms with Gasteiger partial charge in [-0.2, -0.15) is 0 Å². The molecule has 1 N–H and O–H groups in total. The largest absolute Gasteiger partial charge is 0.332 e. The van der Waals surface area contributed by atoms with Crippen LogP contribution in [0.25, 0.3) is 0 Å². The molecule has 142 valence electrons. The molecule has 7 heteroatoms. The summed E-state index contributed by atoms with van der Waals surface area (Å²) in [6, 6.07) is 8.50. The number of piperazine rings is 1. The van der Waals surface area contributed by atoms with Crippen LogP contribution in [0.1, 0.15) is 34.7 Å². The average molecular weight is 396 g/mol.